The number of hydrogen-bond donors (Lipinski definition) is 1. The molecule has 0 aliphatic heterocycles. The molecule has 0 amide bonds. The van der Waals surface area contributed by atoms with E-state index in [1.54, 1.807) is 6.07 Å². The van der Waals surface area contributed by atoms with Gasteiger partial charge in [0.15, 0.2) is 11.6 Å². The summed E-state index contributed by atoms with van der Waals surface area (Å²) >= 11 is 0. The summed E-state index contributed by atoms with van der Waals surface area (Å²) in [6.07, 6.45) is 0. The Labute approximate surface area is 112 Å². The fourth-order valence-corrected chi connectivity index (χ4v) is 2.02. The van der Waals surface area contributed by atoms with E-state index in [-0.39, 0.29) is 0 Å². The third kappa shape index (κ3) is 3.18. The van der Waals surface area contributed by atoms with E-state index in [1.165, 1.54) is 12.1 Å². The van der Waals surface area contributed by atoms with Crippen LogP contribution in [0.2, 0.25) is 0 Å². The molecule has 0 aliphatic carbocycles. The molecule has 1 N–H and O–H groups in total. The molecule has 0 heterocycles. The SMILES string of the molecule is CCNCc1ccc(C)c(-c2ccc(F)c(F)c2)c1. The predicted octanol–water partition coefficient (Wildman–Crippen LogP) is 4.05. The van der Waals surface area contributed by atoms with E-state index in [2.05, 4.69) is 5.32 Å². The van der Waals surface area contributed by atoms with Crippen LogP contribution < -0.4 is 5.32 Å². The minimum absolute atomic E-state index is 0.703. The van der Waals surface area contributed by atoms with Gasteiger partial charge in [0, 0.05) is 6.54 Å². The van der Waals surface area contributed by atoms with Crippen molar-refractivity contribution in [1.82, 2.24) is 5.32 Å². The monoisotopic (exact) mass is 261 g/mol. The summed E-state index contributed by atoms with van der Waals surface area (Å²) in [5.41, 5.74) is 3.82. The van der Waals surface area contributed by atoms with Crippen molar-refractivity contribution in [2.24, 2.45) is 0 Å². The van der Waals surface area contributed by atoms with Crippen molar-refractivity contribution in [3.8, 4) is 11.1 Å². The van der Waals surface area contributed by atoms with Crippen molar-refractivity contribution >= 4 is 0 Å². The van der Waals surface area contributed by atoms with E-state index in [9.17, 15) is 8.78 Å². The van der Waals surface area contributed by atoms with Crippen molar-refractivity contribution < 1.29 is 8.78 Å². The van der Waals surface area contributed by atoms with Gasteiger partial charge in [0.05, 0.1) is 0 Å². The highest BCUT2D eigenvalue weighted by Gasteiger charge is 2.07. The highest BCUT2D eigenvalue weighted by atomic mass is 19.2. The Morgan fingerprint density at radius 3 is 2.47 bits per heavy atom. The van der Waals surface area contributed by atoms with Gasteiger partial charge < -0.3 is 5.32 Å². The Kier molecular flexibility index (Phi) is 4.27. The van der Waals surface area contributed by atoms with Gasteiger partial charge >= 0.3 is 0 Å². The van der Waals surface area contributed by atoms with Gasteiger partial charge in [0.1, 0.15) is 0 Å². The highest BCUT2D eigenvalue weighted by molar-refractivity contribution is 5.68. The minimum Gasteiger partial charge on any atom is -0.313 e. The molecule has 0 aromatic heterocycles. The lowest BCUT2D eigenvalue weighted by atomic mass is 9.98. The summed E-state index contributed by atoms with van der Waals surface area (Å²) in [5, 5.41) is 3.25. The van der Waals surface area contributed by atoms with Crippen LogP contribution in [0.5, 0.6) is 0 Å². The van der Waals surface area contributed by atoms with E-state index >= 15 is 0 Å². The van der Waals surface area contributed by atoms with Gasteiger partial charge in [0.25, 0.3) is 0 Å². The Bertz CT molecular complexity index is 579. The molecule has 19 heavy (non-hydrogen) atoms. The van der Waals surface area contributed by atoms with Gasteiger partial charge in [-0.2, -0.15) is 0 Å². The van der Waals surface area contributed by atoms with Crippen molar-refractivity contribution in [3.05, 3.63) is 59.2 Å². The molecule has 0 saturated heterocycles. The first-order valence-electron chi connectivity index (χ1n) is 6.37. The van der Waals surface area contributed by atoms with E-state index in [0.717, 1.165) is 29.8 Å². The summed E-state index contributed by atoms with van der Waals surface area (Å²) in [7, 11) is 0. The van der Waals surface area contributed by atoms with Crippen LogP contribution >= 0.6 is 0 Å². The number of nitrogens with one attached hydrogen (secondary N) is 1. The second-order valence-electron chi connectivity index (χ2n) is 4.56. The highest BCUT2D eigenvalue weighted by Crippen LogP contribution is 2.26. The fourth-order valence-electron chi connectivity index (χ4n) is 2.02. The van der Waals surface area contributed by atoms with Crippen LogP contribution in [0.4, 0.5) is 8.78 Å². The average molecular weight is 261 g/mol. The molecule has 100 valence electrons. The van der Waals surface area contributed by atoms with E-state index in [0.29, 0.717) is 5.56 Å². The molecule has 0 spiro atoms. The van der Waals surface area contributed by atoms with E-state index in [1.807, 2.05) is 32.0 Å². The van der Waals surface area contributed by atoms with Crippen LogP contribution in [0.3, 0.4) is 0 Å². The van der Waals surface area contributed by atoms with Crippen LogP contribution in [0.25, 0.3) is 11.1 Å². The molecule has 0 atom stereocenters. The van der Waals surface area contributed by atoms with Crippen LogP contribution in [-0.4, -0.2) is 6.54 Å². The van der Waals surface area contributed by atoms with Gasteiger partial charge in [-0.25, -0.2) is 8.78 Å². The maximum absolute atomic E-state index is 13.3. The van der Waals surface area contributed by atoms with E-state index < -0.39 is 11.6 Å². The first kappa shape index (κ1) is 13.7. The molecule has 0 aliphatic rings. The Balaban J connectivity index is 2.39. The zero-order valence-corrected chi connectivity index (χ0v) is 11.1. The smallest absolute Gasteiger partial charge is 0.159 e. The Morgan fingerprint density at radius 1 is 1.00 bits per heavy atom. The van der Waals surface area contributed by atoms with Crippen LogP contribution in [0.15, 0.2) is 36.4 Å². The maximum atomic E-state index is 13.3. The third-order valence-electron chi connectivity index (χ3n) is 3.11. The van der Waals surface area contributed by atoms with Crippen LogP contribution in [0.1, 0.15) is 18.1 Å². The summed E-state index contributed by atoms with van der Waals surface area (Å²) in [6.45, 7) is 5.68. The van der Waals surface area contributed by atoms with Gasteiger partial charge in [-0.3, -0.25) is 0 Å². The number of rotatable bonds is 4. The van der Waals surface area contributed by atoms with Gasteiger partial charge in [0.2, 0.25) is 0 Å². The number of aryl methyl sites for hydroxylation is 1. The van der Waals surface area contributed by atoms with Crippen LogP contribution in [0, 0.1) is 18.6 Å². The molecular weight excluding hydrogens is 244 g/mol. The lowest BCUT2D eigenvalue weighted by molar-refractivity contribution is 0.509. The van der Waals surface area contributed by atoms with Gasteiger partial charge in [-0.05, 0) is 53.9 Å². The molecule has 1 nitrogen and oxygen atoms in total. The normalized spacial score (nSPS) is 10.7. The van der Waals surface area contributed by atoms with E-state index in [4.69, 9.17) is 0 Å². The molecular formula is C16H17F2N. The first-order valence-corrected chi connectivity index (χ1v) is 6.37. The standard InChI is InChI=1S/C16H17F2N/c1-3-19-10-12-5-4-11(2)14(8-12)13-6-7-15(17)16(18)9-13/h4-9,19H,3,10H2,1-2H3. The number of halogens is 2. The molecule has 3 heteroatoms. The topological polar surface area (TPSA) is 12.0 Å². The molecule has 2 aromatic rings. The molecule has 2 aromatic carbocycles. The largest absolute Gasteiger partial charge is 0.313 e. The fraction of sp³-hybridized carbons (Fsp3) is 0.250. The quantitative estimate of drug-likeness (QED) is 0.875. The summed E-state index contributed by atoms with van der Waals surface area (Å²) in [5.74, 6) is -1.63. The number of benzene rings is 2. The van der Waals surface area contributed by atoms with Crippen molar-refractivity contribution in [2.45, 2.75) is 20.4 Å². The summed E-state index contributed by atoms with van der Waals surface area (Å²) < 4.78 is 26.3. The third-order valence-corrected chi connectivity index (χ3v) is 3.11. The van der Waals surface area contributed by atoms with Crippen LogP contribution in [-0.2, 0) is 6.54 Å². The number of hydrogen-bond acceptors (Lipinski definition) is 1. The lowest BCUT2D eigenvalue weighted by Gasteiger charge is -2.10. The second kappa shape index (κ2) is 5.93. The molecule has 0 saturated carbocycles. The zero-order valence-electron chi connectivity index (χ0n) is 11.1. The maximum Gasteiger partial charge on any atom is 0.159 e. The molecule has 0 bridgehead atoms. The lowest BCUT2D eigenvalue weighted by Crippen LogP contribution is -2.11. The molecule has 0 unspecified atom stereocenters. The van der Waals surface area contributed by atoms with Crippen molar-refractivity contribution in [1.29, 1.82) is 0 Å². The van der Waals surface area contributed by atoms with Gasteiger partial charge in [-0.1, -0.05) is 25.1 Å². The Morgan fingerprint density at radius 2 is 1.79 bits per heavy atom. The molecule has 0 fully saturated rings. The van der Waals surface area contributed by atoms with Crippen molar-refractivity contribution in [3.63, 3.8) is 0 Å². The summed E-state index contributed by atoms with van der Waals surface area (Å²) in [6, 6.07) is 10.1. The second-order valence-corrected chi connectivity index (χ2v) is 4.56. The molecule has 2 rings (SSSR count). The molecule has 0 radical (unpaired) electrons. The predicted molar refractivity (Wildman–Crippen MR) is 73.9 cm³/mol. The van der Waals surface area contributed by atoms with Gasteiger partial charge in [-0.15, -0.1) is 0 Å². The minimum atomic E-state index is -0.815. The van der Waals surface area contributed by atoms with Crippen molar-refractivity contribution in [2.75, 3.05) is 6.54 Å². The zero-order chi connectivity index (χ0) is 13.8. The summed E-state index contributed by atoms with van der Waals surface area (Å²) in [4.78, 5) is 0. The first-order chi connectivity index (χ1) is 9.11. The average Bonchev–Trinajstić information content (AvgIpc) is 2.41. The Hall–Kier alpha value is -1.74.